The second kappa shape index (κ2) is 13.4. The third-order valence-corrected chi connectivity index (χ3v) is 8.57. The van der Waals surface area contributed by atoms with Gasteiger partial charge in [0.2, 0.25) is 0 Å². The molecule has 9 heteroatoms. The van der Waals surface area contributed by atoms with Crippen LogP contribution in [0.15, 0.2) is 77.7 Å². The van der Waals surface area contributed by atoms with Gasteiger partial charge in [0.05, 0.1) is 17.2 Å². The van der Waals surface area contributed by atoms with Crippen molar-refractivity contribution in [1.29, 1.82) is 0 Å². The summed E-state index contributed by atoms with van der Waals surface area (Å²) < 4.78 is 48.9. The minimum atomic E-state index is -4.06. The van der Waals surface area contributed by atoms with Crippen LogP contribution < -0.4 is 14.8 Å². The average Bonchev–Trinajstić information content (AvgIpc) is 3.38. The summed E-state index contributed by atoms with van der Waals surface area (Å²) in [7, 11) is -4.06. The van der Waals surface area contributed by atoms with E-state index < -0.39 is 15.8 Å². The van der Waals surface area contributed by atoms with Gasteiger partial charge in [-0.15, -0.1) is 0 Å². The van der Waals surface area contributed by atoms with Crippen molar-refractivity contribution in [1.82, 2.24) is 4.90 Å². The van der Waals surface area contributed by atoms with Crippen molar-refractivity contribution >= 4 is 27.4 Å². The number of amides is 2. The van der Waals surface area contributed by atoms with E-state index >= 15 is 0 Å². The summed E-state index contributed by atoms with van der Waals surface area (Å²) in [5, 5.41) is 2.91. The number of urea groups is 1. The van der Waals surface area contributed by atoms with Crippen molar-refractivity contribution in [2.75, 3.05) is 16.6 Å². The molecule has 0 atom stereocenters. The van der Waals surface area contributed by atoms with E-state index in [-0.39, 0.29) is 28.6 Å². The molecule has 3 aromatic carbocycles. The van der Waals surface area contributed by atoms with Crippen molar-refractivity contribution in [2.24, 2.45) is 0 Å². The van der Waals surface area contributed by atoms with Gasteiger partial charge >= 0.3 is 6.03 Å². The molecule has 0 spiro atoms. The fourth-order valence-electron chi connectivity index (χ4n) is 4.71. The molecule has 3 aromatic rings. The summed E-state index contributed by atoms with van der Waals surface area (Å²) >= 11 is 0. The van der Waals surface area contributed by atoms with E-state index in [1.165, 1.54) is 29.8 Å². The summed E-state index contributed by atoms with van der Waals surface area (Å²) in [6, 6.07) is 16.3. The van der Waals surface area contributed by atoms with Gasteiger partial charge < -0.3 is 15.0 Å². The summed E-state index contributed by atoms with van der Waals surface area (Å²) in [5.74, 6) is -0.367. The molecule has 2 N–H and O–H groups in total. The number of halogens is 1. The van der Waals surface area contributed by atoms with Crippen LogP contribution in [0, 0.1) is 5.82 Å². The third kappa shape index (κ3) is 8.12. The molecule has 1 heterocycles. The topological polar surface area (TPSA) is 87.7 Å². The first kappa shape index (κ1) is 31.1. The molecule has 224 valence electrons. The lowest BCUT2D eigenvalue weighted by molar-refractivity contribution is 0.212. The fraction of sp³-hybridized carbons (Fsp3) is 0.364. The Morgan fingerprint density at radius 2 is 1.71 bits per heavy atom. The maximum atomic E-state index is 14.8. The van der Waals surface area contributed by atoms with Crippen molar-refractivity contribution < 1.29 is 22.3 Å². The van der Waals surface area contributed by atoms with E-state index in [1.807, 2.05) is 37.3 Å². The highest BCUT2D eigenvalue weighted by molar-refractivity contribution is 7.92. The van der Waals surface area contributed by atoms with E-state index in [0.29, 0.717) is 24.6 Å². The molecule has 0 unspecified atom stereocenters. The number of unbranched alkanes of at least 4 members (excludes halogenated alkanes) is 3. The summed E-state index contributed by atoms with van der Waals surface area (Å²) in [5.41, 5.74) is 3.30. The molecular weight excluding hydrogens is 553 g/mol. The Morgan fingerprint density at radius 3 is 2.40 bits per heavy atom. The normalized spacial score (nSPS) is 13.3. The molecule has 0 saturated carbocycles. The number of sulfonamides is 1. The minimum Gasteiger partial charge on any atom is -0.493 e. The molecule has 0 bridgehead atoms. The van der Waals surface area contributed by atoms with Crippen LogP contribution in [0.3, 0.4) is 0 Å². The molecule has 4 rings (SSSR count). The second-order valence-electron chi connectivity index (χ2n) is 11.6. The highest BCUT2D eigenvalue weighted by Crippen LogP contribution is 2.29. The number of nitrogens with one attached hydrogen (secondary N) is 2. The minimum absolute atomic E-state index is 0.000998. The lowest BCUT2D eigenvalue weighted by atomic mass is 9.87. The Bertz CT molecular complexity index is 1530. The Labute approximate surface area is 248 Å². The summed E-state index contributed by atoms with van der Waals surface area (Å²) in [4.78, 5) is 14.5. The SMILES string of the molecule is C/C=C\CCCCCOc1ccc(NS(=O)(=O)c2ccc3c(c2)CN(C(=O)Nc2ccc(C(C)(C)C)cc2)C3)c(F)c1. The number of hydrogen-bond acceptors (Lipinski definition) is 4. The largest absolute Gasteiger partial charge is 0.493 e. The number of ether oxygens (including phenoxy) is 1. The Balaban J connectivity index is 1.33. The fourth-order valence-corrected chi connectivity index (χ4v) is 5.83. The molecule has 0 saturated heterocycles. The molecule has 1 aliphatic heterocycles. The van der Waals surface area contributed by atoms with Crippen molar-refractivity contribution in [3.63, 3.8) is 0 Å². The second-order valence-corrected chi connectivity index (χ2v) is 13.2. The lowest BCUT2D eigenvalue weighted by Gasteiger charge is -2.20. The smallest absolute Gasteiger partial charge is 0.322 e. The standard InChI is InChI=1S/C33H40FN3O4S/c1-5-6-7-8-9-10-19-41-28-16-18-31(30(34)21-28)36-42(39,40)29-17-11-24-22-37(23-25(24)20-29)32(38)35-27-14-12-26(13-15-27)33(2,3)4/h5-6,11-18,20-21,36H,7-10,19,22-23H2,1-4H3,(H,35,38)/b6-5-. The van der Waals surface area contributed by atoms with Crippen molar-refractivity contribution in [3.05, 3.63) is 95.3 Å². The molecule has 7 nitrogen and oxygen atoms in total. The maximum absolute atomic E-state index is 14.8. The van der Waals surface area contributed by atoms with Gasteiger partial charge in [-0.2, -0.15) is 0 Å². The molecule has 2 amide bonds. The first-order valence-electron chi connectivity index (χ1n) is 14.3. The van der Waals surface area contributed by atoms with Gasteiger partial charge in [-0.3, -0.25) is 4.72 Å². The zero-order valence-corrected chi connectivity index (χ0v) is 25.6. The van der Waals surface area contributed by atoms with Crippen LogP contribution in [0.1, 0.15) is 70.1 Å². The molecule has 42 heavy (non-hydrogen) atoms. The van der Waals surface area contributed by atoms with Crippen LogP contribution in [-0.4, -0.2) is 26.0 Å². The number of nitrogens with zero attached hydrogens (tertiary/aromatic N) is 1. The van der Waals surface area contributed by atoms with E-state index in [2.05, 4.69) is 36.9 Å². The van der Waals surface area contributed by atoms with Crippen LogP contribution in [0.5, 0.6) is 5.75 Å². The van der Waals surface area contributed by atoms with Gasteiger partial charge in [-0.1, -0.05) is 51.1 Å². The predicted molar refractivity (Wildman–Crippen MR) is 166 cm³/mol. The Hall–Kier alpha value is -3.85. The highest BCUT2D eigenvalue weighted by atomic mass is 32.2. The number of fused-ring (bicyclic) bond motifs is 1. The maximum Gasteiger partial charge on any atom is 0.322 e. The van der Waals surface area contributed by atoms with Crippen LogP contribution in [0.25, 0.3) is 0 Å². The average molecular weight is 594 g/mol. The zero-order chi connectivity index (χ0) is 30.3. The van der Waals surface area contributed by atoms with Crippen molar-refractivity contribution in [2.45, 2.75) is 76.8 Å². The highest BCUT2D eigenvalue weighted by Gasteiger charge is 2.26. The number of hydrogen-bond donors (Lipinski definition) is 2. The third-order valence-electron chi connectivity index (χ3n) is 7.20. The van der Waals surface area contributed by atoms with Crippen LogP contribution in [0.2, 0.25) is 0 Å². The first-order valence-corrected chi connectivity index (χ1v) is 15.8. The van der Waals surface area contributed by atoms with Crippen LogP contribution in [0.4, 0.5) is 20.6 Å². The molecule has 0 radical (unpaired) electrons. The number of carbonyl (C=O) groups excluding carboxylic acids is 1. The molecule has 0 aliphatic carbocycles. The first-order chi connectivity index (χ1) is 20.0. The van der Waals surface area contributed by atoms with E-state index in [0.717, 1.165) is 36.8 Å². The van der Waals surface area contributed by atoms with Gasteiger partial charge in [0.15, 0.2) is 5.82 Å². The van der Waals surface area contributed by atoms with E-state index in [4.69, 9.17) is 4.74 Å². The summed E-state index contributed by atoms with van der Waals surface area (Å²) in [6.45, 7) is 9.48. The number of anilines is 2. The van der Waals surface area contributed by atoms with Crippen LogP contribution in [-0.2, 0) is 28.5 Å². The predicted octanol–water partition coefficient (Wildman–Crippen LogP) is 7.99. The van der Waals surface area contributed by atoms with Gasteiger partial charge in [-0.25, -0.2) is 17.6 Å². The van der Waals surface area contributed by atoms with Gasteiger partial charge in [0.1, 0.15) is 5.75 Å². The molecule has 0 aromatic heterocycles. The lowest BCUT2D eigenvalue weighted by Crippen LogP contribution is -2.30. The summed E-state index contributed by atoms with van der Waals surface area (Å²) in [6.07, 6.45) is 8.13. The van der Waals surface area contributed by atoms with E-state index in [1.54, 1.807) is 17.0 Å². The van der Waals surface area contributed by atoms with Crippen LogP contribution >= 0.6 is 0 Å². The molecule has 0 fully saturated rings. The number of rotatable bonds is 11. The number of carbonyl (C=O) groups is 1. The van der Waals surface area contributed by atoms with E-state index in [9.17, 15) is 17.6 Å². The number of benzene rings is 3. The number of allylic oxidation sites excluding steroid dienone is 2. The zero-order valence-electron chi connectivity index (χ0n) is 24.7. The molecular formula is C33H40FN3O4S. The van der Waals surface area contributed by atoms with Gasteiger partial charge in [0.25, 0.3) is 10.0 Å². The molecule has 1 aliphatic rings. The Morgan fingerprint density at radius 1 is 0.976 bits per heavy atom. The Kier molecular flexibility index (Phi) is 9.93. The van der Waals surface area contributed by atoms with Gasteiger partial charge in [-0.05, 0) is 91.1 Å². The van der Waals surface area contributed by atoms with Gasteiger partial charge in [0, 0.05) is 24.8 Å². The quantitative estimate of drug-likeness (QED) is 0.174. The monoisotopic (exact) mass is 593 g/mol. The van der Waals surface area contributed by atoms with Crippen molar-refractivity contribution in [3.8, 4) is 5.75 Å².